The number of hydrogen-bond donors (Lipinski definition) is 1. The van der Waals surface area contributed by atoms with E-state index in [0.717, 1.165) is 0 Å². The summed E-state index contributed by atoms with van der Waals surface area (Å²) in [6, 6.07) is 0. The third-order valence-electron chi connectivity index (χ3n) is 1.11. The number of methoxy groups -OCH3 is 1. The van der Waals surface area contributed by atoms with Gasteiger partial charge in [0.05, 0.1) is 33.0 Å². The molecule has 0 amide bonds. The third kappa shape index (κ3) is 8.23. The first-order valence-electron chi connectivity index (χ1n) is 3.74. The van der Waals surface area contributed by atoms with Gasteiger partial charge in [0, 0.05) is 7.11 Å². The third-order valence-corrected chi connectivity index (χ3v) is 1.42. The maximum Gasteiger partial charge on any atom is 0.153 e. The van der Waals surface area contributed by atoms with Crippen LogP contribution in [0.3, 0.4) is 0 Å². The second-order valence-electron chi connectivity index (χ2n) is 2.06. The van der Waals surface area contributed by atoms with Crippen LogP contribution in [-0.4, -0.2) is 50.8 Å². The van der Waals surface area contributed by atoms with Crippen LogP contribution < -0.4 is 0 Å². The molecule has 0 rings (SSSR count). The van der Waals surface area contributed by atoms with Gasteiger partial charge in [-0.3, -0.25) is 0 Å². The van der Waals surface area contributed by atoms with Crippen molar-refractivity contribution in [3.05, 3.63) is 0 Å². The van der Waals surface area contributed by atoms with Gasteiger partial charge in [-0.25, -0.2) is 0 Å². The highest BCUT2D eigenvalue weighted by atomic mass is 35.5. The van der Waals surface area contributed by atoms with E-state index in [1.807, 2.05) is 0 Å². The molecular weight excluding hydrogens is 184 g/mol. The van der Waals surface area contributed by atoms with Gasteiger partial charge in [0.15, 0.2) is 5.56 Å². The first-order valence-corrected chi connectivity index (χ1v) is 4.18. The lowest BCUT2D eigenvalue weighted by molar-refractivity contribution is 0.00642. The Hall–Kier alpha value is 0.130. The molecule has 1 unspecified atom stereocenters. The highest BCUT2D eigenvalue weighted by Gasteiger charge is 2.00. The van der Waals surface area contributed by atoms with Gasteiger partial charge in [-0.1, -0.05) is 11.6 Å². The van der Waals surface area contributed by atoms with Crippen LogP contribution in [0.4, 0.5) is 0 Å². The van der Waals surface area contributed by atoms with E-state index in [1.165, 1.54) is 7.11 Å². The topological polar surface area (TPSA) is 47.9 Å². The molecule has 5 heteroatoms. The molecule has 0 heterocycles. The maximum atomic E-state index is 8.34. The summed E-state index contributed by atoms with van der Waals surface area (Å²) in [6.07, 6.45) is 0. The number of aliphatic hydroxyl groups is 1. The maximum absolute atomic E-state index is 8.34. The average molecular weight is 199 g/mol. The fourth-order valence-corrected chi connectivity index (χ4v) is 0.618. The minimum absolute atomic E-state index is 0.0379. The van der Waals surface area contributed by atoms with Crippen molar-refractivity contribution < 1.29 is 19.3 Å². The fourth-order valence-electron chi connectivity index (χ4n) is 0.528. The predicted molar refractivity (Wildman–Crippen MR) is 45.4 cm³/mol. The lowest BCUT2D eigenvalue weighted by Gasteiger charge is -2.07. The average Bonchev–Trinajstić information content (AvgIpc) is 2.10. The summed E-state index contributed by atoms with van der Waals surface area (Å²) in [4.78, 5) is 0. The van der Waals surface area contributed by atoms with Crippen LogP contribution in [0.2, 0.25) is 0 Å². The molecular formula is C7H15ClO4. The van der Waals surface area contributed by atoms with Crippen LogP contribution in [0.25, 0.3) is 0 Å². The molecule has 12 heavy (non-hydrogen) atoms. The highest BCUT2D eigenvalue weighted by molar-refractivity contribution is 6.19. The van der Waals surface area contributed by atoms with Crippen molar-refractivity contribution in [2.45, 2.75) is 5.56 Å². The minimum Gasteiger partial charge on any atom is -0.394 e. The first kappa shape index (κ1) is 12.1. The molecule has 0 bridgehead atoms. The second-order valence-corrected chi connectivity index (χ2v) is 2.54. The Morgan fingerprint density at radius 3 is 2.50 bits per heavy atom. The van der Waals surface area contributed by atoms with Crippen molar-refractivity contribution in [2.75, 3.05) is 40.1 Å². The van der Waals surface area contributed by atoms with Gasteiger partial charge in [-0.2, -0.15) is 0 Å². The molecule has 0 aliphatic heterocycles. The van der Waals surface area contributed by atoms with Crippen molar-refractivity contribution >= 4 is 11.6 Å². The number of hydrogen-bond acceptors (Lipinski definition) is 4. The standard InChI is InChI=1S/C7H15ClO4/c1-10-7(8)6-12-5-4-11-3-2-9/h7,9H,2-6H2,1H3. The molecule has 4 nitrogen and oxygen atoms in total. The monoisotopic (exact) mass is 198 g/mol. The summed E-state index contributed by atoms with van der Waals surface area (Å²) in [5.74, 6) is 0. The Balaban J connectivity index is 2.90. The normalized spacial score (nSPS) is 13.2. The van der Waals surface area contributed by atoms with Crippen LogP contribution in [0.1, 0.15) is 0 Å². The number of alkyl halides is 1. The zero-order valence-electron chi connectivity index (χ0n) is 7.16. The highest BCUT2D eigenvalue weighted by Crippen LogP contribution is 1.95. The van der Waals surface area contributed by atoms with Gasteiger partial charge < -0.3 is 19.3 Å². The predicted octanol–water partition coefficient (Wildman–Crippen LogP) is 0.223. The number of ether oxygens (including phenoxy) is 3. The summed E-state index contributed by atoms with van der Waals surface area (Å²) < 4.78 is 14.7. The molecule has 0 aromatic heterocycles. The molecule has 0 aliphatic rings. The summed E-state index contributed by atoms with van der Waals surface area (Å²) in [6.45, 7) is 1.66. The second kappa shape index (κ2) is 9.22. The SMILES string of the molecule is COC(Cl)COCCOCCO. The van der Waals surface area contributed by atoms with Crippen LogP contribution in [0.15, 0.2) is 0 Å². The van der Waals surface area contributed by atoms with E-state index in [0.29, 0.717) is 26.4 Å². The molecule has 0 fully saturated rings. The minimum atomic E-state index is -0.400. The largest absolute Gasteiger partial charge is 0.394 e. The lowest BCUT2D eigenvalue weighted by atomic mass is 10.7. The Morgan fingerprint density at radius 1 is 1.25 bits per heavy atom. The number of aliphatic hydroxyl groups excluding tert-OH is 1. The van der Waals surface area contributed by atoms with Crippen molar-refractivity contribution in [2.24, 2.45) is 0 Å². The van der Waals surface area contributed by atoms with Crippen LogP contribution in [0.5, 0.6) is 0 Å². The molecule has 0 saturated heterocycles. The summed E-state index contributed by atoms with van der Waals surface area (Å²) in [5.41, 5.74) is -0.400. The molecule has 1 N–H and O–H groups in total. The molecule has 0 saturated carbocycles. The van der Waals surface area contributed by atoms with Crippen molar-refractivity contribution in [3.8, 4) is 0 Å². The van der Waals surface area contributed by atoms with Crippen molar-refractivity contribution in [3.63, 3.8) is 0 Å². The van der Waals surface area contributed by atoms with E-state index in [2.05, 4.69) is 0 Å². The van der Waals surface area contributed by atoms with Gasteiger partial charge in [0.25, 0.3) is 0 Å². The molecule has 74 valence electrons. The van der Waals surface area contributed by atoms with Gasteiger partial charge in [0.2, 0.25) is 0 Å². The quantitative estimate of drug-likeness (QED) is 0.448. The van der Waals surface area contributed by atoms with E-state index in [9.17, 15) is 0 Å². The summed E-state index contributed by atoms with van der Waals surface area (Å²) >= 11 is 5.58. The Labute approximate surface area is 77.4 Å². The summed E-state index contributed by atoms with van der Waals surface area (Å²) in [7, 11) is 1.52. The van der Waals surface area contributed by atoms with Gasteiger partial charge >= 0.3 is 0 Å². The Bertz CT molecular complexity index is 91.5. The molecule has 0 spiro atoms. The fraction of sp³-hybridized carbons (Fsp3) is 1.00. The zero-order valence-corrected chi connectivity index (χ0v) is 7.92. The molecule has 0 aromatic carbocycles. The van der Waals surface area contributed by atoms with Crippen LogP contribution in [0, 0.1) is 0 Å². The van der Waals surface area contributed by atoms with E-state index < -0.39 is 5.56 Å². The number of rotatable bonds is 8. The molecule has 0 aliphatic carbocycles. The van der Waals surface area contributed by atoms with Crippen molar-refractivity contribution in [1.29, 1.82) is 0 Å². The zero-order chi connectivity index (χ0) is 9.23. The van der Waals surface area contributed by atoms with E-state index >= 15 is 0 Å². The molecule has 0 aromatic rings. The van der Waals surface area contributed by atoms with Crippen LogP contribution >= 0.6 is 11.6 Å². The van der Waals surface area contributed by atoms with E-state index in [1.54, 1.807) is 0 Å². The molecule has 1 atom stereocenters. The van der Waals surface area contributed by atoms with Crippen LogP contribution in [-0.2, 0) is 14.2 Å². The Kier molecular flexibility index (Phi) is 9.32. The first-order chi connectivity index (χ1) is 5.81. The molecule has 0 radical (unpaired) electrons. The van der Waals surface area contributed by atoms with Gasteiger partial charge in [-0.05, 0) is 0 Å². The number of halogens is 1. The van der Waals surface area contributed by atoms with E-state index in [4.69, 9.17) is 30.9 Å². The van der Waals surface area contributed by atoms with Gasteiger partial charge in [0.1, 0.15) is 0 Å². The Morgan fingerprint density at radius 2 is 1.92 bits per heavy atom. The summed E-state index contributed by atoms with van der Waals surface area (Å²) in [5, 5.41) is 8.34. The van der Waals surface area contributed by atoms with E-state index in [-0.39, 0.29) is 6.61 Å². The van der Waals surface area contributed by atoms with Gasteiger partial charge in [-0.15, -0.1) is 0 Å². The smallest absolute Gasteiger partial charge is 0.153 e. The van der Waals surface area contributed by atoms with Crippen molar-refractivity contribution in [1.82, 2.24) is 0 Å². The lowest BCUT2D eigenvalue weighted by Crippen LogP contribution is -2.14.